The smallest absolute Gasteiger partial charge is 0.143 e. The zero-order chi connectivity index (χ0) is 38.2. The van der Waals surface area contributed by atoms with Crippen molar-refractivity contribution in [2.24, 2.45) is 0 Å². The van der Waals surface area contributed by atoms with E-state index in [0.29, 0.717) is 0 Å². The van der Waals surface area contributed by atoms with Gasteiger partial charge in [-0.2, -0.15) is 0 Å². The van der Waals surface area contributed by atoms with Crippen molar-refractivity contribution in [2.75, 3.05) is 0 Å². The summed E-state index contributed by atoms with van der Waals surface area (Å²) in [6, 6.07) is 69.1. The van der Waals surface area contributed by atoms with Crippen LogP contribution in [-0.4, -0.2) is 0 Å². The SMILES string of the molecule is c1ccc2sc(-c3cc4c5cc(-c6ccc7oc8c9ccccc9c(-c9cc%10ccccc%10s9)cc8c7c6)ccc5oc4c4ccccc34)cc2c1.c1ccccc1. The molecule has 0 bridgehead atoms. The second kappa shape index (κ2) is 13.3. The fraction of sp³-hybridized carbons (Fsp3) is 0. The van der Waals surface area contributed by atoms with Gasteiger partial charge in [0, 0.05) is 62.6 Å². The maximum atomic E-state index is 6.63. The van der Waals surface area contributed by atoms with E-state index >= 15 is 0 Å². The molecule has 0 aliphatic carbocycles. The molecule has 2 nitrogen and oxygen atoms in total. The molecule has 0 aliphatic rings. The lowest BCUT2D eigenvalue weighted by molar-refractivity contribution is 0.672. The third-order valence-corrected chi connectivity index (χ3v) is 13.6. The molecule has 0 unspecified atom stereocenters. The Morgan fingerprint density at radius 2 is 0.690 bits per heavy atom. The first kappa shape index (κ1) is 33.2. The van der Waals surface area contributed by atoms with Crippen LogP contribution in [0, 0.1) is 0 Å². The number of hydrogen-bond acceptors (Lipinski definition) is 4. The molecule has 0 spiro atoms. The van der Waals surface area contributed by atoms with Gasteiger partial charge in [0.25, 0.3) is 0 Å². The summed E-state index contributed by atoms with van der Waals surface area (Å²) < 4.78 is 15.9. The average Bonchev–Trinajstić information content (AvgIpc) is 4.09. The van der Waals surface area contributed by atoms with E-state index < -0.39 is 0 Å². The molecule has 13 aromatic rings. The lowest BCUT2D eigenvalue weighted by atomic mass is 9.96. The van der Waals surface area contributed by atoms with Crippen LogP contribution < -0.4 is 0 Å². The fourth-order valence-electron chi connectivity index (χ4n) is 8.58. The van der Waals surface area contributed by atoms with Gasteiger partial charge in [0.2, 0.25) is 0 Å². The molecular weight excluding hydrogens is 745 g/mol. The summed E-state index contributed by atoms with van der Waals surface area (Å²) in [5.41, 5.74) is 8.44. The molecule has 0 radical (unpaired) electrons. The summed E-state index contributed by atoms with van der Waals surface area (Å²) in [7, 11) is 0. The molecule has 0 fully saturated rings. The standard InChI is InChI=1S/C48H26O2S2.C6H6/c1-7-15-43-29(9-1)23-45(51-43)37-25-39-35-21-27(17-19-41(35)49-47(39)33-13-5-3-11-31(33)37)28-18-20-42-36(22-28)40-26-38(32-12-4-6-14-34(32)48(40)50-42)46-24-30-10-2-8-16-44(30)52-46;1-2-4-6-5-3-1/h1-26H;1-6H. The average molecular weight is 777 g/mol. The molecular formula is C54H32O2S2. The van der Waals surface area contributed by atoms with Crippen LogP contribution in [0.15, 0.2) is 203 Å². The maximum Gasteiger partial charge on any atom is 0.143 e. The summed E-state index contributed by atoms with van der Waals surface area (Å²) >= 11 is 3.69. The molecule has 58 heavy (non-hydrogen) atoms. The number of rotatable bonds is 3. The molecule has 9 aromatic carbocycles. The molecule has 0 N–H and O–H groups in total. The van der Waals surface area contributed by atoms with Gasteiger partial charge >= 0.3 is 0 Å². The van der Waals surface area contributed by atoms with Crippen molar-refractivity contribution in [3.8, 4) is 32.0 Å². The summed E-state index contributed by atoms with van der Waals surface area (Å²) in [5.74, 6) is 0. The van der Waals surface area contributed by atoms with Gasteiger partial charge in [-0.25, -0.2) is 0 Å². The summed E-state index contributed by atoms with van der Waals surface area (Å²) in [6.07, 6.45) is 0. The fourth-order valence-corrected chi connectivity index (χ4v) is 10.8. The number of hydrogen-bond donors (Lipinski definition) is 0. The third kappa shape index (κ3) is 5.37. The molecule has 0 saturated carbocycles. The van der Waals surface area contributed by atoms with E-state index in [0.717, 1.165) is 65.8 Å². The Hall–Kier alpha value is -6.98. The predicted molar refractivity (Wildman–Crippen MR) is 250 cm³/mol. The van der Waals surface area contributed by atoms with Crippen LogP contribution >= 0.6 is 22.7 Å². The Morgan fingerprint density at radius 1 is 0.293 bits per heavy atom. The Labute approximate surface area is 341 Å². The summed E-state index contributed by atoms with van der Waals surface area (Å²) in [4.78, 5) is 2.54. The normalized spacial score (nSPS) is 11.8. The quantitative estimate of drug-likeness (QED) is 0.179. The highest BCUT2D eigenvalue weighted by Crippen LogP contribution is 2.46. The van der Waals surface area contributed by atoms with Crippen molar-refractivity contribution in [3.05, 3.63) is 194 Å². The van der Waals surface area contributed by atoms with Crippen molar-refractivity contribution in [1.29, 1.82) is 0 Å². The monoisotopic (exact) mass is 776 g/mol. The van der Waals surface area contributed by atoms with Gasteiger partial charge in [-0.15, -0.1) is 22.7 Å². The van der Waals surface area contributed by atoms with Gasteiger partial charge in [-0.1, -0.05) is 133 Å². The van der Waals surface area contributed by atoms with Crippen LogP contribution in [0.5, 0.6) is 0 Å². The molecule has 13 rings (SSSR count). The van der Waals surface area contributed by atoms with E-state index in [1.54, 1.807) is 0 Å². The van der Waals surface area contributed by atoms with Crippen LogP contribution in [0.1, 0.15) is 0 Å². The minimum atomic E-state index is 0.895. The van der Waals surface area contributed by atoms with Crippen molar-refractivity contribution >= 4 is 108 Å². The highest BCUT2D eigenvalue weighted by Gasteiger charge is 2.19. The minimum absolute atomic E-state index is 0.895. The Kier molecular flexibility index (Phi) is 7.62. The van der Waals surface area contributed by atoms with Crippen LogP contribution in [-0.2, 0) is 0 Å². The molecule has 0 atom stereocenters. The minimum Gasteiger partial charge on any atom is -0.455 e. The first-order valence-electron chi connectivity index (χ1n) is 19.5. The second-order valence-corrected chi connectivity index (χ2v) is 16.9. The van der Waals surface area contributed by atoms with Crippen LogP contribution in [0.3, 0.4) is 0 Å². The van der Waals surface area contributed by atoms with E-state index in [4.69, 9.17) is 8.83 Å². The van der Waals surface area contributed by atoms with E-state index in [-0.39, 0.29) is 0 Å². The topological polar surface area (TPSA) is 26.3 Å². The Balaban J connectivity index is 0.000000563. The van der Waals surface area contributed by atoms with E-state index in [2.05, 4.69) is 158 Å². The number of thiophene rings is 2. The number of furan rings is 2. The van der Waals surface area contributed by atoms with Gasteiger partial charge in [0.15, 0.2) is 0 Å². The summed E-state index contributed by atoms with van der Waals surface area (Å²) in [6.45, 7) is 0. The molecule has 272 valence electrons. The first-order valence-corrected chi connectivity index (χ1v) is 21.1. The Bertz CT molecular complexity index is 3370. The highest BCUT2D eigenvalue weighted by atomic mass is 32.1. The third-order valence-electron chi connectivity index (χ3n) is 11.3. The molecule has 4 heteroatoms. The zero-order valence-corrected chi connectivity index (χ0v) is 32.7. The van der Waals surface area contributed by atoms with Gasteiger partial charge in [-0.3, -0.25) is 0 Å². The van der Waals surface area contributed by atoms with Crippen molar-refractivity contribution < 1.29 is 8.83 Å². The molecule has 0 amide bonds. The van der Waals surface area contributed by atoms with Crippen LogP contribution in [0.25, 0.3) is 118 Å². The Morgan fingerprint density at radius 3 is 1.12 bits per heavy atom. The van der Waals surface area contributed by atoms with Crippen molar-refractivity contribution in [2.45, 2.75) is 0 Å². The van der Waals surface area contributed by atoms with Crippen LogP contribution in [0.4, 0.5) is 0 Å². The lowest BCUT2D eigenvalue weighted by Crippen LogP contribution is -1.81. The van der Waals surface area contributed by atoms with Crippen LogP contribution in [0.2, 0.25) is 0 Å². The highest BCUT2D eigenvalue weighted by molar-refractivity contribution is 7.22. The molecule has 4 heterocycles. The van der Waals surface area contributed by atoms with E-state index in [9.17, 15) is 0 Å². The second-order valence-electron chi connectivity index (χ2n) is 14.8. The lowest BCUT2D eigenvalue weighted by Gasteiger charge is -2.07. The van der Waals surface area contributed by atoms with Crippen molar-refractivity contribution in [1.82, 2.24) is 0 Å². The largest absolute Gasteiger partial charge is 0.455 e. The summed E-state index contributed by atoms with van der Waals surface area (Å²) in [5, 5.41) is 11.8. The maximum absolute atomic E-state index is 6.63. The van der Waals surface area contributed by atoms with Gasteiger partial charge in [0.05, 0.1) is 0 Å². The predicted octanol–water partition coefficient (Wildman–Crippen LogP) is 16.9. The molecule has 4 aromatic heterocycles. The van der Waals surface area contributed by atoms with Gasteiger partial charge in [0.1, 0.15) is 22.3 Å². The number of benzene rings is 9. The number of fused-ring (bicyclic) bond motifs is 12. The van der Waals surface area contributed by atoms with Gasteiger partial charge < -0.3 is 8.83 Å². The zero-order valence-electron chi connectivity index (χ0n) is 31.1. The van der Waals surface area contributed by atoms with Gasteiger partial charge in [-0.05, 0) is 93.3 Å². The molecule has 0 aliphatic heterocycles. The first-order chi connectivity index (χ1) is 28.7. The molecule has 0 saturated heterocycles. The van der Waals surface area contributed by atoms with Crippen molar-refractivity contribution in [3.63, 3.8) is 0 Å². The van der Waals surface area contributed by atoms with E-state index in [1.165, 1.54) is 51.8 Å². The van der Waals surface area contributed by atoms with E-state index in [1.807, 2.05) is 59.1 Å².